The van der Waals surface area contributed by atoms with Crippen molar-refractivity contribution in [3.8, 4) is 0 Å². The number of nitrogens with zero attached hydrogens (tertiary/aromatic N) is 3. The Morgan fingerprint density at radius 3 is 2.81 bits per heavy atom. The molecule has 1 aliphatic rings. The molecule has 1 amide bonds. The summed E-state index contributed by atoms with van der Waals surface area (Å²) in [7, 11) is 1.96. The van der Waals surface area contributed by atoms with Crippen LogP contribution in [0.3, 0.4) is 0 Å². The molecule has 1 saturated carbocycles. The van der Waals surface area contributed by atoms with Crippen LogP contribution in [-0.4, -0.2) is 26.4 Å². The van der Waals surface area contributed by atoms with E-state index in [1.807, 2.05) is 47.8 Å². The lowest BCUT2D eigenvalue weighted by molar-refractivity contribution is 0.0723. The van der Waals surface area contributed by atoms with Gasteiger partial charge in [0, 0.05) is 30.0 Å². The molecular weight excluding hydrogens is 330 g/mol. The summed E-state index contributed by atoms with van der Waals surface area (Å²) in [6, 6.07) is 6.21. The number of imidazole rings is 1. The number of amides is 1. The molecule has 0 unspecified atom stereocenters. The first-order valence-corrected chi connectivity index (χ1v) is 7.89. The van der Waals surface area contributed by atoms with E-state index in [2.05, 4.69) is 20.9 Å². The average Bonchev–Trinajstić information content (AvgIpc) is 3.19. The second-order valence-electron chi connectivity index (χ2n) is 5.60. The van der Waals surface area contributed by atoms with E-state index < -0.39 is 0 Å². The van der Waals surface area contributed by atoms with Crippen LogP contribution in [0.5, 0.6) is 0 Å². The predicted molar refractivity (Wildman–Crippen MR) is 85.0 cm³/mol. The molecule has 5 heteroatoms. The smallest absolute Gasteiger partial charge is 0.255 e. The Hall–Kier alpha value is -1.62. The second kappa shape index (κ2) is 5.64. The summed E-state index contributed by atoms with van der Waals surface area (Å²) < 4.78 is 2.82. The summed E-state index contributed by atoms with van der Waals surface area (Å²) >= 11 is 3.51. The summed E-state index contributed by atoms with van der Waals surface area (Å²) in [5.41, 5.74) is 1.86. The maximum absolute atomic E-state index is 12.9. The summed E-state index contributed by atoms with van der Waals surface area (Å²) in [5, 5.41) is 0. The molecule has 1 aliphatic carbocycles. The molecule has 0 N–H and O–H groups in total. The van der Waals surface area contributed by atoms with E-state index in [4.69, 9.17) is 0 Å². The van der Waals surface area contributed by atoms with E-state index in [1.54, 1.807) is 6.20 Å². The van der Waals surface area contributed by atoms with Gasteiger partial charge in [0.1, 0.15) is 5.82 Å². The minimum absolute atomic E-state index is 0.0763. The van der Waals surface area contributed by atoms with Crippen molar-refractivity contribution in [1.82, 2.24) is 14.5 Å². The van der Waals surface area contributed by atoms with Crippen molar-refractivity contribution in [3.05, 3.63) is 52.0 Å². The van der Waals surface area contributed by atoms with Crippen LogP contribution in [0.2, 0.25) is 0 Å². The van der Waals surface area contributed by atoms with Gasteiger partial charge in [-0.2, -0.15) is 0 Å². The number of hydrogen-bond donors (Lipinski definition) is 0. The first-order chi connectivity index (χ1) is 10.1. The molecule has 1 fully saturated rings. The van der Waals surface area contributed by atoms with Crippen LogP contribution in [0.4, 0.5) is 0 Å². The fraction of sp³-hybridized carbons (Fsp3) is 0.375. The fourth-order valence-electron chi connectivity index (χ4n) is 2.40. The van der Waals surface area contributed by atoms with Gasteiger partial charge in [-0.05, 0) is 53.4 Å². The molecule has 0 spiro atoms. The maximum atomic E-state index is 12.9. The molecular formula is C16H18BrN3O. The van der Waals surface area contributed by atoms with E-state index in [0.29, 0.717) is 12.6 Å². The molecule has 21 heavy (non-hydrogen) atoms. The van der Waals surface area contributed by atoms with Gasteiger partial charge in [-0.25, -0.2) is 4.98 Å². The third-order valence-electron chi connectivity index (χ3n) is 3.84. The molecule has 0 saturated heterocycles. The first-order valence-electron chi connectivity index (χ1n) is 7.09. The predicted octanol–water partition coefficient (Wildman–Crippen LogP) is 3.30. The topological polar surface area (TPSA) is 38.1 Å². The van der Waals surface area contributed by atoms with Crippen LogP contribution in [0, 0.1) is 6.92 Å². The molecule has 1 heterocycles. The van der Waals surface area contributed by atoms with Gasteiger partial charge in [0.25, 0.3) is 5.91 Å². The van der Waals surface area contributed by atoms with E-state index >= 15 is 0 Å². The minimum Gasteiger partial charge on any atom is -0.337 e. The Bertz CT molecular complexity index is 676. The van der Waals surface area contributed by atoms with Crippen LogP contribution in [-0.2, 0) is 13.6 Å². The number of benzene rings is 1. The molecule has 2 aromatic rings. The van der Waals surface area contributed by atoms with Crippen LogP contribution >= 0.6 is 15.9 Å². The average molecular weight is 348 g/mol. The lowest BCUT2D eigenvalue weighted by Gasteiger charge is -2.23. The zero-order valence-electron chi connectivity index (χ0n) is 12.2. The van der Waals surface area contributed by atoms with Gasteiger partial charge >= 0.3 is 0 Å². The number of carbonyl (C=O) groups excluding carboxylic acids is 1. The Kier molecular flexibility index (Phi) is 3.85. The van der Waals surface area contributed by atoms with Crippen LogP contribution in [0.15, 0.2) is 35.1 Å². The number of rotatable bonds is 4. The normalized spacial score (nSPS) is 14.2. The van der Waals surface area contributed by atoms with Gasteiger partial charge in [0.05, 0.1) is 12.1 Å². The zero-order chi connectivity index (χ0) is 15.0. The number of aromatic nitrogens is 2. The SMILES string of the molecule is Cc1ccc(C(=O)N(Cc2nccn2C)C2CC2)c(Br)c1. The van der Waals surface area contributed by atoms with Crippen LogP contribution < -0.4 is 0 Å². The number of halogens is 1. The molecule has 0 radical (unpaired) electrons. The number of hydrogen-bond acceptors (Lipinski definition) is 2. The number of aryl methyl sites for hydroxylation is 2. The van der Waals surface area contributed by atoms with Crippen LogP contribution in [0.25, 0.3) is 0 Å². The Labute approximate surface area is 132 Å². The monoisotopic (exact) mass is 347 g/mol. The van der Waals surface area contributed by atoms with E-state index in [9.17, 15) is 4.79 Å². The highest BCUT2D eigenvalue weighted by Gasteiger charge is 2.34. The Morgan fingerprint density at radius 1 is 1.48 bits per heavy atom. The van der Waals surface area contributed by atoms with Crippen molar-refractivity contribution in [2.24, 2.45) is 7.05 Å². The molecule has 0 aliphatic heterocycles. The molecule has 3 rings (SSSR count). The van der Waals surface area contributed by atoms with Crippen molar-refractivity contribution in [1.29, 1.82) is 0 Å². The largest absolute Gasteiger partial charge is 0.337 e. The quantitative estimate of drug-likeness (QED) is 0.850. The maximum Gasteiger partial charge on any atom is 0.255 e. The Morgan fingerprint density at radius 2 is 2.24 bits per heavy atom. The Balaban J connectivity index is 1.87. The lowest BCUT2D eigenvalue weighted by atomic mass is 10.1. The summed E-state index contributed by atoms with van der Waals surface area (Å²) in [5.74, 6) is 0.992. The van der Waals surface area contributed by atoms with Gasteiger partial charge in [-0.3, -0.25) is 4.79 Å². The van der Waals surface area contributed by atoms with Gasteiger partial charge in [-0.1, -0.05) is 6.07 Å². The van der Waals surface area contributed by atoms with Gasteiger partial charge in [-0.15, -0.1) is 0 Å². The third-order valence-corrected chi connectivity index (χ3v) is 4.49. The second-order valence-corrected chi connectivity index (χ2v) is 6.46. The summed E-state index contributed by atoms with van der Waals surface area (Å²) in [6.07, 6.45) is 5.85. The van der Waals surface area contributed by atoms with Crippen molar-refractivity contribution in [2.75, 3.05) is 0 Å². The van der Waals surface area contributed by atoms with Gasteiger partial charge < -0.3 is 9.47 Å². The lowest BCUT2D eigenvalue weighted by Crippen LogP contribution is -2.33. The standard InChI is InChI=1S/C16H18BrN3O/c1-11-3-6-13(14(17)9-11)16(21)20(12-4-5-12)10-15-18-7-8-19(15)2/h3,6-9,12H,4-5,10H2,1-2H3. The van der Waals surface area contributed by atoms with Crippen molar-refractivity contribution in [2.45, 2.75) is 32.4 Å². The van der Waals surface area contributed by atoms with Crippen LogP contribution in [0.1, 0.15) is 34.6 Å². The highest BCUT2D eigenvalue weighted by molar-refractivity contribution is 9.10. The van der Waals surface area contributed by atoms with E-state index in [1.165, 1.54) is 0 Å². The molecule has 1 aromatic heterocycles. The molecule has 0 atom stereocenters. The molecule has 110 valence electrons. The molecule has 0 bridgehead atoms. The van der Waals surface area contributed by atoms with Crippen molar-refractivity contribution < 1.29 is 4.79 Å². The first kappa shape index (κ1) is 14.3. The molecule has 4 nitrogen and oxygen atoms in total. The van der Waals surface area contributed by atoms with Gasteiger partial charge in [0.15, 0.2) is 0 Å². The summed E-state index contributed by atoms with van der Waals surface area (Å²) in [6.45, 7) is 2.58. The fourth-order valence-corrected chi connectivity index (χ4v) is 3.07. The molecule has 1 aromatic carbocycles. The minimum atomic E-state index is 0.0763. The highest BCUT2D eigenvalue weighted by Crippen LogP contribution is 2.31. The third kappa shape index (κ3) is 3.02. The van der Waals surface area contributed by atoms with E-state index in [0.717, 1.165) is 34.3 Å². The zero-order valence-corrected chi connectivity index (χ0v) is 13.8. The summed E-state index contributed by atoms with van der Waals surface area (Å²) in [4.78, 5) is 19.1. The highest BCUT2D eigenvalue weighted by atomic mass is 79.9. The van der Waals surface area contributed by atoms with Crippen molar-refractivity contribution in [3.63, 3.8) is 0 Å². The van der Waals surface area contributed by atoms with Gasteiger partial charge in [0.2, 0.25) is 0 Å². The van der Waals surface area contributed by atoms with Crippen molar-refractivity contribution >= 4 is 21.8 Å². The van der Waals surface area contributed by atoms with E-state index in [-0.39, 0.29) is 5.91 Å². The number of carbonyl (C=O) groups is 1.